The number of rotatable bonds is 2. The van der Waals surface area contributed by atoms with E-state index in [0.717, 1.165) is 0 Å². The molecule has 0 aromatic rings. The summed E-state index contributed by atoms with van der Waals surface area (Å²) in [7, 11) is 0. The van der Waals surface area contributed by atoms with E-state index in [9.17, 15) is 20.2 Å². The molecule has 16 heavy (non-hydrogen) atoms. The lowest BCUT2D eigenvalue weighted by molar-refractivity contribution is -0.868. The maximum atomic E-state index is 11.0. The Morgan fingerprint density at radius 1 is 0.938 bits per heavy atom. The van der Waals surface area contributed by atoms with Gasteiger partial charge in [-0.05, 0) is 27.7 Å². The van der Waals surface area contributed by atoms with Crippen molar-refractivity contribution in [2.24, 2.45) is 0 Å². The summed E-state index contributed by atoms with van der Waals surface area (Å²) in [6.07, 6.45) is -0.104. The first-order valence-electron chi connectivity index (χ1n) is 5.17. The molecule has 2 N–H and O–H groups in total. The zero-order chi connectivity index (χ0) is 12.8. The highest BCUT2D eigenvalue weighted by molar-refractivity contribution is 4.89. The van der Waals surface area contributed by atoms with E-state index >= 15 is 0 Å². The van der Waals surface area contributed by atoms with Gasteiger partial charge < -0.3 is 5.32 Å². The van der Waals surface area contributed by atoms with E-state index in [4.69, 9.17) is 0 Å². The average molecular weight is 232 g/mol. The molecule has 0 atom stereocenters. The Bertz CT molecular complexity index is 306. The van der Waals surface area contributed by atoms with Crippen molar-refractivity contribution in [1.82, 2.24) is 0 Å². The second-order valence-electron chi connectivity index (χ2n) is 5.97. The van der Waals surface area contributed by atoms with Crippen molar-refractivity contribution in [1.29, 1.82) is 0 Å². The highest BCUT2D eigenvalue weighted by atomic mass is 16.7. The zero-order valence-corrected chi connectivity index (χ0v) is 10.0. The van der Waals surface area contributed by atoms with Crippen LogP contribution in [0.5, 0.6) is 0 Å². The Kier molecular flexibility index (Phi) is 2.71. The molecule has 7 nitrogen and oxygen atoms in total. The van der Waals surface area contributed by atoms with Crippen LogP contribution in [-0.4, -0.2) is 26.6 Å². The van der Waals surface area contributed by atoms with Crippen LogP contribution < -0.4 is 5.32 Å². The molecule has 1 aliphatic heterocycles. The third-order valence-corrected chi connectivity index (χ3v) is 2.94. The number of nitrogens with two attached hydrogens (primary N) is 1. The lowest BCUT2D eigenvalue weighted by Gasteiger charge is -2.40. The van der Waals surface area contributed by atoms with Gasteiger partial charge in [0.2, 0.25) is 0 Å². The van der Waals surface area contributed by atoms with Gasteiger partial charge in [-0.25, -0.2) is 0 Å². The van der Waals surface area contributed by atoms with E-state index in [1.54, 1.807) is 27.7 Å². The molecule has 0 aromatic heterocycles. The van der Waals surface area contributed by atoms with Crippen molar-refractivity contribution >= 4 is 0 Å². The molecule has 0 saturated carbocycles. The van der Waals surface area contributed by atoms with E-state index in [1.165, 1.54) is 0 Å². The predicted octanol–water partition coefficient (Wildman–Crippen LogP) is 0.151. The summed E-state index contributed by atoms with van der Waals surface area (Å²) in [5, 5.41) is 24.1. The maximum Gasteiger partial charge on any atom is 0.470 e. The number of nitrogens with zero attached hydrogens (tertiary/aromatic N) is 2. The number of piperidine rings is 1. The zero-order valence-electron chi connectivity index (χ0n) is 10.0. The quantitative estimate of drug-likeness (QED) is 0.415. The molecule has 0 aromatic carbocycles. The normalized spacial score (nSPS) is 26.0. The molecule has 1 rings (SSSR count). The third-order valence-electron chi connectivity index (χ3n) is 2.94. The Hall–Kier alpha value is -1.24. The minimum atomic E-state index is -2.04. The average Bonchev–Trinajstić information content (AvgIpc) is 1.96. The summed E-state index contributed by atoms with van der Waals surface area (Å²) >= 11 is 0. The van der Waals surface area contributed by atoms with Crippen LogP contribution in [0.3, 0.4) is 0 Å². The molecule has 1 fully saturated rings. The van der Waals surface area contributed by atoms with Crippen molar-refractivity contribution < 1.29 is 15.2 Å². The Morgan fingerprint density at radius 2 is 1.25 bits per heavy atom. The summed E-state index contributed by atoms with van der Waals surface area (Å²) in [5.74, 6) is 0. The fourth-order valence-corrected chi connectivity index (χ4v) is 3.01. The maximum absolute atomic E-state index is 11.0. The summed E-state index contributed by atoms with van der Waals surface area (Å²) < 4.78 is 0. The van der Waals surface area contributed by atoms with Gasteiger partial charge in [-0.3, -0.25) is 20.2 Å². The highest BCUT2D eigenvalue weighted by Crippen LogP contribution is 2.33. The van der Waals surface area contributed by atoms with Gasteiger partial charge in [0.15, 0.2) is 0 Å². The van der Waals surface area contributed by atoms with E-state index in [2.05, 4.69) is 0 Å². The van der Waals surface area contributed by atoms with Crippen LogP contribution >= 0.6 is 0 Å². The van der Waals surface area contributed by atoms with Gasteiger partial charge in [-0.1, -0.05) is 0 Å². The Balaban J connectivity index is 3.21. The summed E-state index contributed by atoms with van der Waals surface area (Å²) in [6.45, 7) is 7.20. The van der Waals surface area contributed by atoms with Crippen molar-refractivity contribution in [3.05, 3.63) is 20.2 Å². The molecule has 92 valence electrons. The fourth-order valence-electron chi connectivity index (χ4n) is 3.01. The Morgan fingerprint density at radius 3 is 1.50 bits per heavy atom. The van der Waals surface area contributed by atoms with Crippen LogP contribution in [-0.2, 0) is 0 Å². The van der Waals surface area contributed by atoms with Crippen LogP contribution in [0.1, 0.15) is 40.5 Å². The molecule has 0 spiro atoms. The molecule has 0 aliphatic carbocycles. The smallest absolute Gasteiger partial charge is 0.336 e. The minimum Gasteiger partial charge on any atom is -0.336 e. The number of quaternary nitrogens is 1. The topological polar surface area (TPSA) is 103 Å². The van der Waals surface area contributed by atoms with Crippen LogP contribution in [0.2, 0.25) is 0 Å². The molecule has 0 amide bonds. The van der Waals surface area contributed by atoms with Crippen molar-refractivity contribution in [2.75, 3.05) is 0 Å². The van der Waals surface area contributed by atoms with Gasteiger partial charge in [0, 0.05) is 0 Å². The van der Waals surface area contributed by atoms with Crippen molar-refractivity contribution in [2.45, 2.75) is 57.3 Å². The standard InChI is InChI=1S/C9H17N3O4/c1-7(2)5-9(11(13)14,12(15)16)6-8(3,4)10-7/h10H,5-6H2,1-4H3/p+1. The van der Waals surface area contributed by atoms with E-state index in [1.807, 2.05) is 5.32 Å². The lowest BCUT2D eigenvalue weighted by atomic mass is 9.76. The Labute approximate surface area is 93.5 Å². The lowest BCUT2D eigenvalue weighted by Crippen LogP contribution is -3.07. The van der Waals surface area contributed by atoms with Gasteiger partial charge in [-0.15, -0.1) is 0 Å². The van der Waals surface area contributed by atoms with Crippen molar-refractivity contribution in [3.63, 3.8) is 0 Å². The van der Waals surface area contributed by atoms with Crippen LogP contribution in [0, 0.1) is 20.2 Å². The van der Waals surface area contributed by atoms with Gasteiger partial charge in [0.1, 0.15) is 23.9 Å². The first-order chi connectivity index (χ1) is 7.01. The molecule has 1 aliphatic rings. The van der Waals surface area contributed by atoms with Crippen LogP contribution in [0.15, 0.2) is 0 Å². The van der Waals surface area contributed by atoms with Gasteiger partial charge in [0.25, 0.3) is 0 Å². The largest absolute Gasteiger partial charge is 0.470 e. The number of hydrogen-bond acceptors (Lipinski definition) is 4. The molecule has 0 bridgehead atoms. The first-order valence-corrected chi connectivity index (χ1v) is 5.17. The van der Waals surface area contributed by atoms with E-state index in [0.29, 0.717) is 0 Å². The third kappa shape index (κ3) is 2.13. The van der Waals surface area contributed by atoms with Gasteiger partial charge >= 0.3 is 5.66 Å². The molecular formula is C9H18N3O4+. The molecule has 0 radical (unpaired) electrons. The van der Waals surface area contributed by atoms with Crippen molar-refractivity contribution in [3.8, 4) is 0 Å². The SMILES string of the molecule is CC1(C)CC([N+](=O)[O-])([N+](=O)[O-])CC(C)(C)[NH2+]1. The van der Waals surface area contributed by atoms with E-state index in [-0.39, 0.29) is 12.8 Å². The molecular weight excluding hydrogens is 214 g/mol. The highest BCUT2D eigenvalue weighted by Gasteiger charge is 2.67. The van der Waals surface area contributed by atoms with Crippen LogP contribution in [0.25, 0.3) is 0 Å². The molecule has 0 unspecified atom stereocenters. The monoisotopic (exact) mass is 232 g/mol. The summed E-state index contributed by atoms with van der Waals surface area (Å²) in [6, 6.07) is 0. The molecule has 1 heterocycles. The molecule has 1 saturated heterocycles. The number of nitro groups is 2. The van der Waals surface area contributed by atoms with E-state index < -0.39 is 26.6 Å². The minimum absolute atomic E-state index is 0.0522. The van der Waals surface area contributed by atoms with Gasteiger partial charge in [0.05, 0.1) is 9.85 Å². The van der Waals surface area contributed by atoms with Crippen LogP contribution in [0.4, 0.5) is 0 Å². The first kappa shape index (κ1) is 12.8. The second-order valence-corrected chi connectivity index (χ2v) is 5.97. The summed E-state index contributed by atoms with van der Waals surface area (Å²) in [5.41, 5.74) is -3.04. The second kappa shape index (κ2) is 3.38. The predicted molar refractivity (Wildman–Crippen MR) is 56.0 cm³/mol. The fraction of sp³-hybridized carbons (Fsp3) is 1.00. The van der Waals surface area contributed by atoms with Gasteiger partial charge in [-0.2, -0.15) is 0 Å². The molecule has 7 heteroatoms. The number of hydrogen-bond donors (Lipinski definition) is 1. The summed E-state index contributed by atoms with van der Waals surface area (Å²) in [4.78, 5) is 20.6.